The van der Waals surface area contributed by atoms with Gasteiger partial charge in [-0.3, -0.25) is 18.9 Å². The van der Waals surface area contributed by atoms with Crippen LogP contribution >= 0.6 is 20.0 Å². The van der Waals surface area contributed by atoms with Crippen LogP contribution in [0.5, 0.6) is 5.75 Å². The highest BCUT2D eigenvalue weighted by molar-refractivity contribution is 7.71. The molecule has 0 spiro atoms. The van der Waals surface area contributed by atoms with Gasteiger partial charge in [0.25, 0.3) is 0 Å². The number of hydrogen-bond donors (Lipinski definition) is 3. The van der Waals surface area contributed by atoms with Crippen molar-refractivity contribution in [2.75, 3.05) is 6.61 Å². The smallest absolute Gasteiger partial charge is 0.459 e. The van der Waals surface area contributed by atoms with Gasteiger partial charge in [0.2, 0.25) is 0 Å². The maximum absolute atomic E-state index is 13.9. The molecule has 6 atom stereocenters. The second-order valence-electron chi connectivity index (χ2n) is 8.67. The third-order valence-corrected chi connectivity index (χ3v) is 7.19. The highest BCUT2D eigenvalue weighted by atomic mass is 32.1. The number of carbonyl (C=O) groups is 1. The molecule has 0 aliphatic carbocycles. The van der Waals surface area contributed by atoms with Crippen LogP contribution in [0.1, 0.15) is 27.0 Å². The van der Waals surface area contributed by atoms with Gasteiger partial charge < -0.3 is 19.1 Å². The van der Waals surface area contributed by atoms with Crippen molar-refractivity contribution in [2.45, 2.75) is 57.5 Å². The highest BCUT2D eigenvalue weighted by Crippen LogP contribution is 2.48. The number of hydrogen-bond acceptors (Lipinski definition) is 9. The topological polar surface area (TPSA) is 141 Å². The van der Waals surface area contributed by atoms with Gasteiger partial charge in [0.1, 0.15) is 28.5 Å². The molecule has 3 N–H and O–H groups in total. The predicted molar refractivity (Wildman–Crippen MR) is 130 cm³/mol. The first kappa shape index (κ1) is 30.0. The highest BCUT2D eigenvalue weighted by Gasteiger charge is 2.58. The van der Waals surface area contributed by atoms with Crippen LogP contribution in [0.2, 0.25) is 0 Å². The Morgan fingerprint density at radius 1 is 1.26 bits per heavy atom. The summed E-state index contributed by atoms with van der Waals surface area (Å²) in [5.41, 5.74) is -0.984. The van der Waals surface area contributed by atoms with Crippen molar-refractivity contribution in [1.82, 2.24) is 14.6 Å². The van der Waals surface area contributed by atoms with E-state index in [2.05, 4.69) is 10.1 Å². The Morgan fingerprint density at radius 3 is 2.50 bits per heavy atom. The van der Waals surface area contributed by atoms with E-state index in [1.54, 1.807) is 32.0 Å². The Kier molecular flexibility index (Phi) is 9.55. The predicted octanol–water partition coefficient (Wildman–Crippen LogP) is 3.48. The van der Waals surface area contributed by atoms with E-state index in [9.17, 15) is 32.4 Å². The van der Waals surface area contributed by atoms with Gasteiger partial charge in [-0.2, -0.15) is 18.3 Å². The number of nitrogens with one attached hydrogen (secondary N) is 2. The van der Waals surface area contributed by atoms with Gasteiger partial charge in [-0.15, -0.1) is 0 Å². The summed E-state index contributed by atoms with van der Waals surface area (Å²) in [5.74, 6) is -3.24. The number of aliphatic hydroxyl groups excluding tert-OH is 1. The lowest BCUT2D eigenvalue weighted by atomic mass is 9.99. The Labute approximate surface area is 220 Å². The standard InChI is InChI=1S/C22H27F3N3O8PS/c1-12(2)34-20(30)13(3)27-37(32,36-14-7-5-4-6-8-14)33-11-15-18(29)17(22(23,24)25)19(35-15)28-10-9-16(38)26-21(28)31/h4-10,12-13,15,17-19,29H,11H2,1-3H3,(H,27,32)(H,26,31,38)/t13-,15+,17-,18?,19+,37?/m0/s1. The summed E-state index contributed by atoms with van der Waals surface area (Å²) in [6.45, 7) is 3.69. The zero-order valence-electron chi connectivity index (χ0n) is 20.5. The van der Waals surface area contributed by atoms with Gasteiger partial charge in [0.05, 0.1) is 18.8 Å². The van der Waals surface area contributed by atoms with Gasteiger partial charge in [-0.05, 0) is 39.0 Å². The Balaban J connectivity index is 1.85. The van der Waals surface area contributed by atoms with E-state index in [-0.39, 0.29) is 10.4 Å². The summed E-state index contributed by atoms with van der Waals surface area (Å²) in [7, 11) is -4.45. The number of aliphatic hydroxyl groups is 1. The van der Waals surface area contributed by atoms with Crippen molar-refractivity contribution in [1.29, 1.82) is 0 Å². The van der Waals surface area contributed by atoms with E-state index >= 15 is 0 Å². The van der Waals surface area contributed by atoms with Gasteiger partial charge in [0.15, 0.2) is 6.23 Å². The van der Waals surface area contributed by atoms with Crippen molar-refractivity contribution in [3.05, 3.63) is 57.7 Å². The summed E-state index contributed by atoms with van der Waals surface area (Å²) in [4.78, 5) is 26.7. The number of aromatic amines is 1. The van der Waals surface area contributed by atoms with E-state index in [1.807, 2.05) is 0 Å². The fraction of sp³-hybridized carbons (Fsp3) is 0.500. The molecule has 2 heterocycles. The number of H-pyrrole nitrogens is 1. The van der Waals surface area contributed by atoms with Gasteiger partial charge in [0, 0.05) is 6.20 Å². The maximum Gasteiger partial charge on any atom is 0.459 e. The number of esters is 1. The van der Waals surface area contributed by atoms with Crippen LogP contribution in [0.15, 0.2) is 47.4 Å². The number of nitrogens with zero attached hydrogens (tertiary/aromatic N) is 1. The third-order valence-electron chi connectivity index (χ3n) is 5.31. The third kappa shape index (κ3) is 7.52. The van der Waals surface area contributed by atoms with Crippen molar-refractivity contribution in [3.8, 4) is 5.75 Å². The number of ether oxygens (including phenoxy) is 2. The molecule has 2 unspecified atom stereocenters. The minimum Gasteiger partial charge on any atom is -0.462 e. The molecule has 1 aromatic heterocycles. The number of aromatic nitrogens is 2. The molecule has 0 amide bonds. The summed E-state index contributed by atoms with van der Waals surface area (Å²) < 4.78 is 77.1. The summed E-state index contributed by atoms with van der Waals surface area (Å²) in [6, 6.07) is 7.67. The molecule has 0 radical (unpaired) electrons. The van der Waals surface area contributed by atoms with Crippen LogP contribution in [0, 0.1) is 10.6 Å². The number of alkyl halides is 3. The number of rotatable bonds is 10. The number of benzene rings is 1. The second kappa shape index (κ2) is 12.1. The molecular weight excluding hydrogens is 554 g/mol. The van der Waals surface area contributed by atoms with E-state index in [0.717, 1.165) is 6.20 Å². The quantitative estimate of drug-likeness (QED) is 0.217. The van der Waals surface area contributed by atoms with E-state index < -0.39 is 68.7 Å². The van der Waals surface area contributed by atoms with Crippen LogP contribution in [0.25, 0.3) is 0 Å². The Bertz CT molecular complexity index is 1270. The van der Waals surface area contributed by atoms with Gasteiger partial charge >= 0.3 is 25.6 Å². The molecule has 1 aliphatic heterocycles. The summed E-state index contributed by atoms with van der Waals surface area (Å²) in [6.07, 6.45) is -10.3. The molecule has 11 nitrogen and oxygen atoms in total. The van der Waals surface area contributed by atoms with Crippen molar-refractivity contribution in [3.63, 3.8) is 0 Å². The Hall–Kier alpha value is -2.55. The fourth-order valence-electron chi connectivity index (χ4n) is 3.61. The molecule has 2 aromatic rings. The fourth-order valence-corrected chi connectivity index (χ4v) is 5.26. The molecular formula is C22H27F3N3O8PS. The maximum atomic E-state index is 13.9. The molecule has 3 rings (SSSR count). The van der Waals surface area contributed by atoms with Crippen molar-refractivity contribution < 1.29 is 46.2 Å². The molecule has 0 bridgehead atoms. The van der Waals surface area contributed by atoms with E-state index in [1.165, 1.54) is 25.1 Å². The summed E-state index contributed by atoms with van der Waals surface area (Å²) >= 11 is 4.81. The first-order valence-electron chi connectivity index (χ1n) is 11.4. The lowest BCUT2D eigenvalue weighted by Crippen LogP contribution is -2.41. The largest absolute Gasteiger partial charge is 0.462 e. The first-order valence-corrected chi connectivity index (χ1v) is 13.3. The molecule has 1 saturated heterocycles. The normalized spacial score (nSPS) is 24.1. The van der Waals surface area contributed by atoms with Crippen molar-refractivity contribution >= 4 is 25.9 Å². The summed E-state index contributed by atoms with van der Waals surface area (Å²) in [5, 5.41) is 12.9. The lowest BCUT2D eigenvalue weighted by Gasteiger charge is -2.25. The molecule has 0 saturated carbocycles. The minimum atomic E-state index is -4.98. The molecule has 1 aromatic carbocycles. The van der Waals surface area contributed by atoms with Crippen LogP contribution < -0.4 is 15.3 Å². The monoisotopic (exact) mass is 581 g/mol. The number of para-hydroxylation sites is 1. The van der Waals surface area contributed by atoms with Crippen LogP contribution in [0.4, 0.5) is 13.2 Å². The second-order valence-corrected chi connectivity index (χ2v) is 10.8. The van der Waals surface area contributed by atoms with Gasteiger partial charge in [-0.25, -0.2) is 9.36 Å². The van der Waals surface area contributed by atoms with Crippen LogP contribution in [0.3, 0.4) is 0 Å². The van der Waals surface area contributed by atoms with Crippen LogP contribution in [-0.2, 0) is 23.4 Å². The molecule has 1 fully saturated rings. The van der Waals surface area contributed by atoms with Gasteiger partial charge in [-0.1, -0.05) is 30.4 Å². The minimum absolute atomic E-state index is 0.0107. The van der Waals surface area contributed by atoms with Crippen molar-refractivity contribution in [2.24, 2.45) is 5.92 Å². The SMILES string of the molecule is CC(C)OC(=O)[C@H](C)NP(=O)(OC[C@H]1O[C@@H](n2ccc(=S)[nH]c2=O)[C@@H](C(F)(F)F)C1O)Oc1ccccc1. The molecule has 38 heavy (non-hydrogen) atoms. The zero-order chi connectivity index (χ0) is 28.3. The molecule has 1 aliphatic rings. The average molecular weight is 582 g/mol. The zero-order valence-corrected chi connectivity index (χ0v) is 22.2. The average Bonchev–Trinajstić information content (AvgIpc) is 3.14. The number of carbonyl (C=O) groups excluding carboxylic acids is 1. The van der Waals surface area contributed by atoms with Crippen LogP contribution in [-0.4, -0.2) is 57.8 Å². The lowest BCUT2D eigenvalue weighted by molar-refractivity contribution is -0.211. The van der Waals surface area contributed by atoms with E-state index in [0.29, 0.717) is 4.57 Å². The number of halogens is 3. The molecule has 210 valence electrons. The Morgan fingerprint density at radius 2 is 1.92 bits per heavy atom. The first-order chi connectivity index (χ1) is 17.7. The van der Waals surface area contributed by atoms with E-state index in [4.69, 9.17) is 30.7 Å². The molecule has 16 heteroatoms.